The molecule has 0 bridgehead atoms. The fourth-order valence-electron chi connectivity index (χ4n) is 1.41. The molecule has 0 amide bonds. The van der Waals surface area contributed by atoms with Gasteiger partial charge in [-0.25, -0.2) is 9.78 Å². The summed E-state index contributed by atoms with van der Waals surface area (Å²) in [5, 5.41) is 6.04. The van der Waals surface area contributed by atoms with Crippen molar-refractivity contribution in [2.24, 2.45) is 0 Å². The summed E-state index contributed by atoms with van der Waals surface area (Å²) >= 11 is 8.51. The van der Waals surface area contributed by atoms with E-state index in [1.54, 1.807) is 6.20 Å². The van der Waals surface area contributed by atoms with Crippen LogP contribution < -0.4 is 5.76 Å². The van der Waals surface area contributed by atoms with Crippen LogP contribution in [0.4, 0.5) is 0 Å². The van der Waals surface area contributed by atoms with Crippen LogP contribution in [-0.4, -0.2) is 14.8 Å². The molecule has 0 aliphatic heterocycles. The predicted molar refractivity (Wildman–Crippen MR) is 70.3 cm³/mol. The summed E-state index contributed by atoms with van der Waals surface area (Å²) in [5.41, 5.74) is 0. The molecule has 3 aromatic heterocycles. The second-order valence-corrected chi connectivity index (χ2v) is 6.03. The number of thiophene rings is 1. The van der Waals surface area contributed by atoms with E-state index in [0.29, 0.717) is 16.9 Å². The first-order chi connectivity index (χ1) is 8.72. The third kappa shape index (κ3) is 2.24. The van der Waals surface area contributed by atoms with Gasteiger partial charge in [0, 0.05) is 11.1 Å². The van der Waals surface area contributed by atoms with Gasteiger partial charge in [-0.3, -0.25) is 0 Å². The maximum atomic E-state index is 11.6. The summed E-state index contributed by atoms with van der Waals surface area (Å²) in [6.45, 7) is 0.318. The molecule has 0 aliphatic rings. The van der Waals surface area contributed by atoms with Crippen LogP contribution in [0, 0.1) is 0 Å². The van der Waals surface area contributed by atoms with Crippen molar-refractivity contribution in [3.8, 4) is 10.8 Å². The maximum Gasteiger partial charge on any atom is 0.437 e. The molecule has 0 saturated carbocycles. The van der Waals surface area contributed by atoms with Crippen molar-refractivity contribution in [3.05, 3.63) is 43.6 Å². The van der Waals surface area contributed by atoms with E-state index < -0.39 is 5.76 Å². The standard InChI is InChI=1S/C10H6ClN3O2S2/c11-9-12-4-6(18-9)5-14-10(15)16-8(13-14)7-2-1-3-17-7/h1-4H,5H2. The lowest BCUT2D eigenvalue weighted by molar-refractivity contribution is 0.496. The average Bonchev–Trinajstić information content (AvgIpc) is 3.02. The Balaban J connectivity index is 1.92. The molecule has 0 fully saturated rings. The third-order valence-electron chi connectivity index (χ3n) is 2.17. The first-order valence-corrected chi connectivity index (χ1v) is 7.02. The zero-order valence-electron chi connectivity index (χ0n) is 8.87. The van der Waals surface area contributed by atoms with Gasteiger partial charge < -0.3 is 4.42 Å². The van der Waals surface area contributed by atoms with Gasteiger partial charge in [0.25, 0.3) is 5.89 Å². The zero-order valence-corrected chi connectivity index (χ0v) is 11.3. The van der Waals surface area contributed by atoms with Crippen LogP contribution in [-0.2, 0) is 6.54 Å². The SMILES string of the molecule is O=c1oc(-c2cccs2)nn1Cc1cnc(Cl)s1. The van der Waals surface area contributed by atoms with Crippen LogP contribution in [0.25, 0.3) is 10.8 Å². The van der Waals surface area contributed by atoms with Crippen molar-refractivity contribution in [2.75, 3.05) is 0 Å². The van der Waals surface area contributed by atoms with Gasteiger partial charge in [-0.1, -0.05) is 17.7 Å². The summed E-state index contributed by atoms with van der Waals surface area (Å²) in [6.07, 6.45) is 1.62. The lowest BCUT2D eigenvalue weighted by atomic mass is 10.5. The molecule has 3 rings (SSSR count). The largest absolute Gasteiger partial charge is 0.437 e. The first-order valence-electron chi connectivity index (χ1n) is 4.94. The molecule has 0 N–H and O–H groups in total. The van der Waals surface area contributed by atoms with Crippen LogP contribution >= 0.6 is 34.3 Å². The second kappa shape index (κ2) is 4.68. The highest BCUT2D eigenvalue weighted by Gasteiger charge is 2.12. The summed E-state index contributed by atoms with van der Waals surface area (Å²) in [6, 6.07) is 3.73. The van der Waals surface area contributed by atoms with Crippen molar-refractivity contribution in [3.63, 3.8) is 0 Å². The molecule has 18 heavy (non-hydrogen) atoms. The minimum Gasteiger partial charge on any atom is -0.387 e. The molecule has 0 atom stereocenters. The Morgan fingerprint density at radius 3 is 3.06 bits per heavy atom. The summed E-state index contributed by atoms with van der Waals surface area (Å²) in [4.78, 5) is 17.2. The third-order valence-corrected chi connectivity index (χ3v) is 4.13. The Hall–Kier alpha value is -1.44. The van der Waals surface area contributed by atoms with E-state index in [4.69, 9.17) is 16.0 Å². The van der Waals surface area contributed by atoms with Crippen molar-refractivity contribution in [1.29, 1.82) is 0 Å². The quantitative estimate of drug-likeness (QED) is 0.746. The Morgan fingerprint density at radius 1 is 1.50 bits per heavy atom. The fraction of sp³-hybridized carbons (Fsp3) is 0.100. The maximum absolute atomic E-state index is 11.6. The molecule has 0 spiro atoms. The second-order valence-electron chi connectivity index (χ2n) is 3.39. The monoisotopic (exact) mass is 299 g/mol. The van der Waals surface area contributed by atoms with Gasteiger partial charge in [0.2, 0.25) is 0 Å². The van der Waals surface area contributed by atoms with Gasteiger partial charge in [-0.15, -0.1) is 27.8 Å². The van der Waals surface area contributed by atoms with Gasteiger partial charge in [0.15, 0.2) is 4.47 Å². The lowest BCUT2D eigenvalue weighted by Gasteiger charge is -1.92. The van der Waals surface area contributed by atoms with Crippen LogP contribution in [0.3, 0.4) is 0 Å². The van der Waals surface area contributed by atoms with E-state index in [0.717, 1.165) is 9.75 Å². The van der Waals surface area contributed by atoms with E-state index >= 15 is 0 Å². The minimum atomic E-state index is -0.483. The predicted octanol–water partition coefficient (Wildman–Crippen LogP) is 2.72. The lowest BCUT2D eigenvalue weighted by Crippen LogP contribution is -2.15. The van der Waals surface area contributed by atoms with E-state index in [9.17, 15) is 4.79 Å². The van der Waals surface area contributed by atoms with Gasteiger partial charge in [0.1, 0.15) is 0 Å². The molecule has 0 saturated heterocycles. The number of nitrogens with zero attached hydrogens (tertiary/aromatic N) is 3. The van der Waals surface area contributed by atoms with Gasteiger partial charge in [-0.05, 0) is 11.4 Å². The normalized spacial score (nSPS) is 10.9. The summed E-state index contributed by atoms with van der Waals surface area (Å²) < 4.78 is 6.80. The van der Waals surface area contributed by atoms with E-state index in [2.05, 4.69) is 10.1 Å². The molecule has 92 valence electrons. The zero-order chi connectivity index (χ0) is 12.5. The number of thiazole rings is 1. The summed E-state index contributed by atoms with van der Waals surface area (Å²) in [7, 11) is 0. The van der Waals surface area contributed by atoms with Crippen LogP contribution in [0.2, 0.25) is 4.47 Å². The Morgan fingerprint density at radius 2 is 2.39 bits per heavy atom. The fourth-order valence-corrected chi connectivity index (χ4v) is 3.01. The highest BCUT2D eigenvalue weighted by Crippen LogP contribution is 2.22. The highest BCUT2D eigenvalue weighted by atomic mass is 35.5. The smallest absolute Gasteiger partial charge is 0.387 e. The molecule has 3 aromatic rings. The molecular formula is C10H6ClN3O2S2. The van der Waals surface area contributed by atoms with E-state index in [-0.39, 0.29) is 0 Å². The van der Waals surface area contributed by atoms with Crippen molar-refractivity contribution in [1.82, 2.24) is 14.8 Å². The van der Waals surface area contributed by atoms with Crippen molar-refractivity contribution in [2.45, 2.75) is 6.54 Å². The van der Waals surface area contributed by atoms with Gasteiger partial charge in [0.05, 0.1) is 11.4 Å². The minimum absolute atomic E-state index is 0.318. The Labute approximate surface area is 114 Å². The molecular weight excluding hydrogens is 294 g/mol. The van der Waals surface area contributed by atoms with Crippen LogP contribution in [0.1, 0.15) is 4.88 Å². The summed E-state index contributed by atoms with van der Waals surface area (Å²) in [5.74, 6) is -0.145. The first kappa shape index (κ1) is 11.6. The Kier molecular flexibility index (Phi) is 3.02. The van der Waals surface area contributed by atoms with Gasteiger partial charge in [-0.2, -0.15) is 4.68 Å². The van der Waals surface area contributed by atoms with Crippen molar-refractivity contribution < 1.29 is 4.42 Å². The molecule has 0 radical (unpaired) electrons. The number of aromatic nitrogens is 3. The molecule has 5 nitrogen and oxygen atoms in total. The molecule has 0 aromatic carbocycles. The highest BCUT2D eigenvalue weighted by molar-refractivity contribution is 7.15. The van der Waals surface area contributed by atoms with Gasteiger partial charge >= 0.3 is 5.76 Å². The number of hydrogen-bond donors (Lipinski definition) is 0. The van der Waals surface area contributed by atoms with Crippen molar-refractivity contribution >= 4 is 34.3 Å². The molecule has 0 aliphatic carbocycles. The number of halogens is 1. The van der Waals surface area contributed by atoms with E-state index in [1.807, 2.05) is 17.5 Å². The van der Waals surface area contributed by atoms with Crippen LogP contribution in [0.15, 0.2) is 32.9 Å². The Bertz CT molecular complexity index is 714. The number of hydrogen-bond acceptors (Lipinski definition) is 6. The van der Waals surface area contributed by atoms with Crippen LogP contribution in [0.5, 0.6) is 0 Å². The molecule has 8 heteroatoms. The molecule has 0 unspecified atom stereocenters. The number of rotatable bonds is 3. The van der Waals surface area contributed by atoms with E-state index in [1.165, 1.54) is 27.4 Å². The molecule has 3 heterocycles. The average molecular weight is 300 g/mol. The topological polar surface area (TPSA) is 60.9 Å².